The van der Waals surface area contributed by atoms with E-state index in [0.717, 1.165) is 0 Å². The topological polar surface area (TPSA) is 93.2 Å². The van der Waals surface area contributed by atoms with E-state index in [0.29, 0.717) is 12.0 Å². The molecule has 0 aromatic carbocycles. The third-order valence-electron chi connectivity index (χ3n) is 4.08. The van der Waals surface area contributed by atoms with Crippen molar-refractivity contribution < 1.29 is 18.4 Å². The molecule has 1 aliphatic heterocycles. The largest absolute Gasteiger partial charge is 0.350 e. The van der Waals surface area contributed by atoms with Gasteiger partial charge in [0.05, 0.1) is 31.2 Å². The SMILES string of the molecule is CN1C(=O)CCC(C(=O)NCC(F)(F)CN)C1c1cnn(C)c1.Cl.Cl. The number of alkyl halides is 2. The van der Waals surface area contributed by atoms with Crippen molar-refractivity contribution in [1.29, 1.82) is 0 Å². The van der Waals surface area contributed by atoms with Crippen LogP contribution in [0.1, 0.15) is 24.4 Å². The van der Waals surface area contributed by atoms with Gasteiger partial charge in [0.25, 0.3) is 5.92 Å². The molecule has 2 unspecified atom stereocenters. The van der Waals surface area contributed by atoms with E-state index in [2.05, 4.69) is 10.4 Å². The zero-order valence-corrected chi connectivity index (χ0v) is 15.6. The Bertz CT molecular complexity index is 600. The van der Waals surface area contributed by atoms with Gasteiger partial charge in [0.2, 0.25) is 11.8 Å². The van der Waals surface area contributed by atoms with E-state index in [9.17, 15) is 18.4 Å². The average Bonchev–Trinajstić information content (AvgIpc) is 2.93. The Hall–Kier alpha value is -1.45. The molecule has 1 aliphatic rings. The maximum atomic E-state index is 13.2. The molecule has 0 bridgehead atoms. The number of rotatable bonds is 5. The van der Waals surface area contributed by atoms with Gasteiger partial charge in [-0.2, -0.15) is 5.10 Å². The zero-order valence-electron chi connectivity index (χ0n) is 13.9. The quantitative estimate of drug-likeness (QED) is 0.765. The van der Waals surface area contributed by atoms with E-state index in [1.807, 2.05) is 0 Å². The lowest BCUT2D eigenvalue weighted by Gasteiger charge is -2.37. The highest BCUT2D eigenvalue weighted by molar-refractivity contribution is 5.86. The van der Waals surface area contributed by atoms with Gasteiger partial charge in [0.15, 0.2) is 0 Å². The van der Waals surface area contributed by atoms with Gasteiger partial charge in [-0.1, -0.05) is 0 Å². The Morgan fingerprint density at radius 3 is 2.60 bits per heavy atom. The second-order valence-electron chi connectivity index (χ2n) is 5.82. The molecule has 1 aromatic rings. The van der Waals surface area contributed by atoms with Gasteiger partial charge in [-0.05, 0) is 6.42 Å². The predicted octanol–water partition coefficient (Wildman–Crippen LogP) is 0.883. The van der Waals surface area contributed by atoms with Crippen LogP contribution in [0, 0.1) is 5.92 Å². The van der Waals surface area contributed by atoms with Crippen LogP contribution in [0.2, 0.25) is 0 Å². The van der Waals surface area contributed by atoms with Gasteiger partial charge in [-0.3, -0.25) is 14.3 Å². The van der Waals surface area contributed by atoms with Crippen LogP contribution in [0.15, 0.2) is 12.4 Å². The Balaban J connectivity index is 0.00000288. The number of likely N-dealkylation sites (tertiary alicyclic amines) is 1. The molecule has 25 heavy (non-hydrogen) atoms. The summed E-state index contributed by atoms with van der Waals surface area (Å²) in [6.07, 6.45) is 3.81. The van der Waals surface area contributed by atoms with Crippen molar-refractivity contribution in [3.05, 3.63) is 18.0 Å². The summed E-state index contributed by atoms with van der Waals surface area (Å²) >= 11 is 0. The van der Waals surface area contributed by atoms with Crippen molar-refractivity contribution in [1.82, 2.24) is 20.0 Å². The minimum absolute atomic E-state index is 0. The number of halogens is 4. The lowest BCUT2D eigenvalue weighted by molar-refractivity contribution is -0.142. The second-order valence-corrected chi connectivity index (χ2v) is 5.82. The summed E-state index contributed by atoms with van der Waals surface area (Å²) in [5.41, 5.74) is 5.67. The third-order valence-corrected chi connectivity index (χ3v) is 4.08. The molecule has 2 atom stereocenters. The number of hydrogen-bond donors (Lipinski definition) is 2. The van der Waals surface area contributed by atoms with E-state index < -0.39 is 36.9 Å². The van der Waals surface area contributed by atoms with Gasteiger partial charge in [0.1, 0.15) is 0 Å². The molecular formula is C14H23Cl2F2N5O2. The molecule has 0 radical (unpaired) electrons. The monoisotopic (exact) mass is 401 g/mol. The first-order valence-corrected chi connectivity index (χ1v) is 7.35. The van der Waals surface area contributed by atoms with Gasteiger partial charge >= 0.3 is 0 Å². The number of aryl methyl sites for hydroxylation is 1. The van der Waals surface area contributed by atoms with Crippen LogP contribution in [0.4, 0.5) is 8.78 Å². The molecule has 0 aliphatic carbocycles. The van der Waals surface area contributed by atoms with E-state index in [4.69, 9.17) is 5.73 Å². The van der Waals surface area contributed by atoms with E-state index in [1.165, 1.54) is 4.90 Å². The van der Waals surface area contributed by atoms with Crippen LogP contribution in [-0.2, 0) is 16.6 Å². The summed E-state index contributed by atoms with van der Waals surface area (Å²) in [6.45, 7) is -1.64. The molecule has 2 amide bonds. The van der Waals surface area contributed by atoms with Crippen molar-refractivity contribution in [2.45, 2.75) is 24.8 Å². The zero-order chi connectivity index (χ0) is 17.2. The number of carbonyl (C=O) groups is 2. The van der Waals surface area contributed by atoms with E-state index >= 15 is 0 Å². The maximum Gasteiger partial charge on any atom is 0.277 e. The lowest BCUT2D eigenvalue weighted by atomic mass is 9.85. The number of hydrogen-bond acceptors (Lipinski definition) is 4. The highest BCUT2D eigenvalue weighted by Gasteiger charge is 2.40. The fourth-order valence-electron chi connectivity index (χ4n) is 2.78. The molecule has 144 valence electrons. The summed E-state index contributed by atoms with van der Waals surface area (Å²) in [4.78, 5) is 25.8. The van der Waals surface area contributed by atoms with Crippen LogP contribution < -0.4 is 11.1 Å². The molecule has 7 nitrogen and oxygen atoms in total. The number of nitrogens with one attached hydrogen (secondary N) is 1. The molecule has 2 heterocycles. The van der Waals surface area contributed by atoms with Gasteiger partial charge < -0.3 is 16.0 Å². The molecule has 2 rings (SSSR count). The van der Waals surface area contributed by atoms with Gasteiger partial charge in [0, 0.05) is 32.3 Å². The van der Waals surface area contributed by atoms with Crippen LogP contribution in [-0.4, -0.2) is 52.6 Å². The number of aromatic nitrogens is 2. The minimum Gasteiger partial charge on any atom is -0.350 e. The van der Waals surface area contributed by atoms with Crippen LogP contribution in [0.5, 0.6) is 0 Å². The van der Waals surface area contributed by atoms with Crippen molar-refractivity contribution in [3.63, 3.8) is 0 Å². The fourth-order valence-corrected chi connectivity index (χ4v) is 2.78. The number of carbonyl (C=O) groups excluding carboxylic acids is 2. The third kappa shape index (κ3) is 5.52. The van der Waals surface area contributed by atoms with Gasteiger partial charge in [-0.15, -0.1) is 24.8 Å². The van der Waals surface area contributed by atoms with Crippen molar-refractivity contribution in [2.75, 3.05) is 20.1 Å². The number of nitrogens with zero attached hydrogens (tertiary/aromatic N) is 3. The van der Waals surface area contributed by atoms with Crippen LogP contribution in [0.25, 0.3) is 0 Å². The molecule has 3 N–H and O–H groups in total. The highest BCUT2D eigenvalue weighted by atomic mass is 35.5. The molecule has 0 spiro atoms. The second kappa shape index (κ2) is 9.30. The lowest BCUT2D eigenvalue weighted by Crippen LogP contribution is -2.49. The molecule has 0 saturated carbocycles. The normalized spacial score (nSPS) is 20.5. The standard InChI is InChI=1S/C14H21F2N5O2.2ClH/c1-20-6-9(5-19-20)12-10(3-4-11(22)21(12)2)13(23)18-8-14(15,16)7-17;;/h5-6,10,12H,3-4,7-8,17H2,1-2H3,(H,18,23);2*1H. The summed E-state index contributed by atoms with van der Waals surface area (Å²) < 4.78 is 28.0. The Labute approximate surface area is 157 Å². The highest BCUT2D eigenvalue weighted by Crippen LogP contribution is 2.35. The smallest absolute Gasteiger partial charge is 0.277 e. The van der Waals surface area contributed by atoms with Gasteiger partial charge in [-0.25, -0.2) is 8.78 Å². The average molecular weight is 402 g/mol. The number of nitrogens with two attached hydrogens (primary N) is 1. The first-order valence-electron chi connectivity index (χ1n) is 7.35. The Morgan fingerprint density at radius 1 is 1.44 bits per heavy atom. The number of amides is 2. The van der Waals surface area contributed by atoms with E-state index in [1.54, 1.807) is 31.2 Å². The fraction of sp³-hybridized carbons (Fsp3) is 0.643. The van der Waals surface area contributed by atoms with Crippen molar-refractivity contribution >= 4 is 36.6 Å². The number of piperidine rings is 1. The maximum absolute atomic E-state index is 13.2. The summed E-state index contributed by atoms with van der Waals surface area (Å²) in [5, 5.41) is 6.31. The summed E-state index contributed by atoms with van der Waals surface area (Å²) in [5.74, 6) is -4.34. The first-order chi connectivity index (χ1) is 10.7. The summed E-state index contributed by atoms with van der Waals surface area (Å²) in [6, 6.07) is -0.517. The van der Waals surface area contributed by atoms with E-state index in [-0.39, 0.29) is 37.1 Å². The molecule has 1 saturated heterocycles. The molecule has 1 fully saturated rings. The summed E-state index contributed by atoms with van der Waals surface area (Å²) in [7, 11) is 3.33. The molecular weight excluding hydrogens is 379 g/mol. The molecule has 11 heteroatoms. The predicted molar refractivity (Wildman–Crippen MR) is 93.0 cm³/mol. The van der Waals surface area contributed by atoms with Crippen molar-refractivity contribution in [2.24, 2.45) is 18.7 Å². The first kappa shape index (κ1) is 23.5. The molecule has 1 aromatic heterocycles. The Kier molecular flexibility index (Phi) is 8.76. The van der Waals surface area contributed by atoms with Crippen LogP contribution >= 0.6 is 24.8 Å². The minimum atomic E-state index is -3.14. The Morgan fingerprint density at radius 2 is 2.08 bits per heavy atom. The van der Waals surface area contributed by atoms with Crippen molar-refractivity contribution in [3.8, 4) is 0 Å². The van der Waals surface area contributed by atoms with Crippen LogP contribution in [0.3, 0.4) is 0 Å².